The van der Waals surface area contributed by atoms with Crippen molar-refractivity contribution in [2.45, 2.75) is 45.1 Å². The Balaban J connectivity index is 0.00000200. The van der Waals surface area contributed by atoms with E-state index in [-0.39, 0.29) is 45.0 Å². The van der Waals surface area contributed by atoms with Gasteiger partial charge in [0, 0.05) is 45.8 Å². The van der Waals surface area contributed by atoms with Crippen molar-refractivity contribution in [3.8, 4) is 0 Å². The fourth-order valence-electron chi connectivity index (χ4n) is 2.41. The molecule has 1 aromatic rings. The third kappa shape index (κ3) is 6.45. The van der Waals surface area contributed by atoms with Gasteiger partial charge in [-0.15, -0.1) is 0 Å². The van der Waals surface area contributed by atoms with Crippen LogP contribution in [0.2, 0.25) is 0 Å². The zero-order valence-electron chi connectivity index (χ0n) is 13.1. The van der Waals surface area contributed by atoms with Crippen LogP contribution in [0.1, 0.15) is 45.1 Å². The number of nitrogens with zero attached hydrogens (tertiary/aromatic N) is 1. The van der Waals surface area contributed by atoms with Gasteiger partial charge < -0.3 is 15.8 Å². The molecule has 1 radical (unpaired) electrons. The number of hydrogen-bond acceptors (Lipinski definition) is 2. The van der Waals surface area contributed by atoms with Gasteiger partial charge in [-0.2, -0.15) is 35.9 Å². The van der Waals surface area contributed by atoms with E-state index in [0.717, 1.165) is 25.9 Å². The number of ether oxygens (including phenoxy) is 1. The van der Waals surface area contributed by atoms with Crippen LogP contribution in [0.3, 0.4) is 0 Å². The molecule has 4 nitrogen and oxygen atoms in total. The second-order valence-corrected chi connectivity index (χ2v) is 6.10. The number of benzene rings is 1. The van der Waals surface area contributed by atoms with Crippen LogP contribution in [-0.4, -0.2) is 29.7 Å². The van der Waals surface area contributed by atoms with Crippen molar-refractivity contribution in [1.29, 1.82) is 0 Å². The first-order valence-electron chi connectivity index (χ1n) is 6.89. The van der Waals surface area contributed by atoms with Crippen LogP contribution < -0.4 is 0 Å². The van der Waals surface area contributed by atoms with E-state index in [1.54, 1.807) is 0 Å². The maximum Gasteiger partial charge on any atom is 0.410 e. The van der Waals surface area contributed by atoms with E-state index in [0.29, 0.717) is 5.92 Å². The van der Waals surface area contributed by atoms with Gasteiger partial charge in [0.2, 0.25) is 0 Å². The van der Waals surface area contributed by atoms with Crippen molar-refractivity contribution in [1.82, 2.24) is 4.90 Å². The predicted octanol–water partition coefficient (Wildman–Crippen LogP) is 4.32. The quantitative estimate of drug-likeness (QED) is 0.696. The van der Waals surface area contributed by atoms with Gasteiger partial charge in [0.1, 0.15) is 5.60 Å². The Kier molecular flexibility index (Phi) is 8.68. The molecule has 115 valence electrons. The normalized spacial score (nSPS) is 18.2. The summed E-state index contributed by atoms with van der Waals surface area (Å²) in [5, 5.41) is 0. The average molecular weight is 365 g/mol. The number of likely N-dealkylation sites (tertiary alicyclic amines) is 1. The van der Waals surface area contributed by atoms with E-state index in [9.17, 15) is 4.79 Å². The Hall–Kier alpha value is -0.446. The zero-order valence-corrected chi connectivity index (χ0v) is 16.0. The molecular formula is C16H24N2O2Y-2. The number of piperidine rings is 1. The summed E-state index contributed by atoms with van der Waals surface area (Å²) in [6.07, 6.45) is 1.96. The fraction of sp³-hybridized carbons (Fsp3) is 0.562. The van der Waals surface area contributed by atoms with Gasteiger partial charge in [-0.3, -0.25) is 0 Å². The van der Waals surface area contributed by atoms with Crippen molar-refractivity contribution in [2.75, 3.05) is 13.1 Å². The number of hydrogen-bond donors (Lipinski definition) is 0. The standard InChI is InChI=1S/C16H22NO2.H2N.Y/c1-16(2,3)19-15(18)17-11-7-10-14(12-17)13-8-5-4-6-9-13;;/h5-6,8-9,14H,7,10-12H2,1-3H3;1H2;/q2*-1;. The molecule has 5 heteroatoms. The summed E-state index contributed by atoms with van der Waals surface area (Å²) in [5.41, 5.74) is 0.859. The molecule has 0 aromatic heterocycles. The molecule has 1 aliphatic rings. The monoisotopic (exact) mass is 365 g/mol. The average Bonchev–Trinajstić information content (AvgIpc) is 2.38. The first-order valence-corrected chi connectivity index (χ1v) is 6.89. The number of rotatable bonds is 1. The van der Waals surface area contributed by atoms with Gasteiger partial charge in [0.15, 0.2) is 0 Å². The molecule has 0 spiro atoms. The van der Waals surface area contributed by atoms with Gasteiger partial charge in [0.25, 0.3) is 0 Å². The second kappa shape index (κ2) is 8.87. The largest absolute Gasteiger partial charge is 0.693 e. The summed E-state index contributed by atoms with van der Waals surface area (Å²) < 4.78 is 5.44. The van der Waals surface area contributed by atoms with Gasteiger partial charge in [-0.1, -0.05) is 0 Å². The van der Waals surface area contributed by atoms with Crippen molar-refractivity contribution >= 4 is 6.09 Å². The third-order valence-electron chi connectivity index (χ3n) is 3.29. The maximum absolute atomic E-state index is 12.1. The van der Waals surface area contributed by atoms with Crippen LogP contribution >= 0.6 is 0 Å². The molecule has 1 fully saturated rings. The summed E-state index contributed by atoms with van der Waals surface area (Å²) >= 11 is 0. The summed E-state index contributed by atoms with van der Waals surface area (Å²) in [6.45, 7) is 7.25. The molecule has 2 N–H and O–H groups in total. The number of carbonyl (C=O) groups is 1. The van der Waals surface area contributed by atoms with Crippen LogP contribution in [0, 0.1) is 6.07 Å². The topological polar surface area (TPSA) is 63.0 Å². The van der Waals surface area contributed by atoms with Gasteiger partial charge in [-0.25, -0.2) is 4.79 Å². The summed E-state index contributed by atoms with van der Waals surface area (Å²) in [4.78, 5) is 13.9. The van der Waals surface area contributed by atoms with Gasteiger partial charge in [-0.05, 0) is 39.5 Å². The number of amides is 1. The Bertz CT molecular complexity index is 432. The molecule has 1 aromatic carbocycles. The summed E-state index contributed by atoms with van der Waals surface area (Å²) in [7, 11) is 0. The first-order chi connectivity index (χ1) is 8.96. The van der Waals surface area contributed by atoms with Crippen LogP contribution in [0.15, 0.2) is 24.3 Å². The summed E-state index contributed by atoms with van der Waals surface area (Å²) in [6, 6.07) is 11.1. The molecule has 21 heavy (non-hydrogen) atoms. The van der Waals surface area contributed by atoms with E-state index in [2.05, 4.69) is 18.2 Å². The van der Waals surface area contributed by atoms with Crippen LogP contribution in [0.25, 0.3) is 6.15 Å². The molecule has 0 bridgehead atoms. The molecule has 1 atom stereocenters. The summed E-state index contributed by atoms with van der Waals surface area (Å²) in [5.74, 6) is 0.413. The van der Waals surface area contributed by atoms with Crippen molar-refractivity contribution in [3.05, 3.63) is 42.0 Å². The minimum absolute atomic E-state index is 0. The molecule has 0 aliphatic carbocycles. The molecule has 2 rings (SSSR count). The minimum Gasteiger partial charge on any atom is -0.693 e. The van der Waals surface area contributed by atoms with Crippen LogP contribution in [0.4, 0.5) is 4.79 Å². The Morgan fingerprint density at radius 1 is 1.33 bits per heavy atom. The zero-order chi connectivity index (χ0) is 13.9. The first kappa shape index (κ1) is 20.6. The fourth-order valence-corrected chi connectivity index (χ4v) is 2.41. The number of carbonyl (C=O) groups excluding carboxylic acids is 1. The van der Waals surface area contributed by atoms with E-state index >= 15 is 0 Å². The predicted molar refractivity (Wildman–Crippen MR) is 80.3 cm³/mol. The maximum atomic E-state index is 12.1. The SMILES string of the molecule is CC(C)(C)OC(=O)N1CCCC(c2cc[c-]cc2)C1.[NH2-].[Y]. The Morgan fingerprint density at radius 3 is 2.52 bits per heavy atom. The van der Waals surface area contributed by atoms with E-state index in [1.165, 1.54) is 5.56 Å². The molecule has 1 aliphatic heterocycles. The van der Waals surface area contributed by atoms with Crippen molar-refractivity contribution in [3.63, 3.8) is 0 Å². The number of nitrogens with two attached hydrogens (primary N) is 1. The third-order valence-corrected chi connectivity index (χ3v) is 3.29. The molecule has 1 heterocycles. The molecular weight excluding hydrogens is 341 g/mol. The van der Waals surface area contributed by atoms with Crippen molar-refractivity contribution < 1.29 is 42.2 Å². The Morgan fingerprint density at radius 2 is 1.95 bits per heavy atom. The van der Waals surface area contributed by atoms with Gasteiger partial charge >= 0.3 is 6.09 Å². The second-order valence-electron chi connectivity index (χ2n) is 6.10. The molecule has 1 amide bonds. The van der Waals surface area contributed by atoms with Gasteiger partial charge in [0.05, 0.1) is 0 Å². The smallest absolute Gasteiger partial charge is 0.410 e. The molecule has 1 saturated heterocycles. The minimum atomic E-state index is -0.425. The molecule has 1 unspecified atom stereocenters. The van der Waals surface area contributed by atoms with E-state index in [4.69, 9.17) is 4.74 Å². The van der Waals surface area contributed by atoms with Crippen molar-refractivity contribution in [2.24, 2.45) is 0 Å². The van der Waals surface area contributed by atoms with Crippen LogP contribution in [-0.2, 0) is 37.4 Å². The Labute approximate surface area is 153 Å². The van der Waals surface area contributed by atoms with Crippen LogP contribution in [0.5, 0.6) is 0 Å². The molecule has 0 saturated carbocycles. The van der Waals surface area contributed by atoms with E-state index in [1.807, 2.05) is 37.8 Å². The van der Waals surface area contributed by atoms with E-state index < -0.39 is 5.60 Å².